The standard InChI is InChI=1S/C24H27ClF2N4O4/c1-14-20(22(32)28-9-6-10-31(23(33)34)24(2,3)4)30-12-15(25)11-19(21(30)29-14)35-13-16-17(26)7-5-8-18(16)27/h5,7-8,11-12H,6,9-10,13H2,1-4H3,(H,28,32)(H,33,34). The highest BCUT2D eigenvalue weighted by atomic mass is 35.5. The van der Waals surface area contributed by atoms with Crippen molar-refractivity contribution in [2.45, 2.75) is 46.3 Å². The third-order valence-corrected chi connectivity index (χ3v) is 5.57. The minimum absolute atomic E-state index is 0.157. The number of aryl methyl sites for hydroxylation is 1. The van der Waals surface area contributed by atoms with E-state index in [1.807, 2.05) is 0 Å². The molecule has 2 amide bonds. The van der Waals surface area contributed by atoms with Gasteiger partial charge in [-0.25, -0.2) is 18.6 Å². The van der Waals surface area contributed by atoms with Crippen LogP contribution in [0.15, 0.2) is 30.5 Å². The topological polar surface area (TPSA) is 96.2 Å². The molecule has 1 aromatic carbocycles. The summed E-state index contributed by atoms with van der Waals surface area (Å²) in [7, 11) is 0. The second kappa shape index (κ2) is 10.5. The molecule has 0 unspecified atom stereocenters. The number of amides is 2. The Hall–Kier alpha value is -3.40. The molecule has 11 heteroatoms. The zero-order chi connectivity index (χ0) is 25.9. The van der Waals surface area contributed by atoms with Crippen LogP contribution in [0.25, 0.3) is 5.65 Å². The number of carboxylic acid groups (broad SMARTS) is 1. The summed E-state index contributed by atoms with van der Waals surface area (Å²) in [6.07, 6.45) is 0.876. The molecular formula is C24H27ClF2N4O4. The lowest BCUT2D eigenvalue weighted by molar-refractivity contribution is 0.0931. The molecule has 2 N–H and O–H groups in total. The Labute approximate surface area is 206 Å². The van der Waals surface area contributed by atoms with Crippen molar-refractivity contribution in [1.29, 1.82) is 0 Å². The van der Waals surface area contributed by atoms with Gasteiger partial charge in [0.2, 0.25) is 0 Å². The van der Waals surface area contributed by atoms with Crippen LogP contribution in [-0.2, 0) is 6.61 Å². The van der Waals surface area contributed by atoms with E-state index < -0.39 is 35.8 Å². The highest BCUT2D eigenvalue weighted by Gasteiger charge is 2.26. The van der Waals surface area contributed by atoms with Gasteiger partial charge in [-0.3, -0.25) is 9.20 Å². The number of fused-ring (bicyclic) bond motifs is 1. The first-order valence-electron chi connectivity index (χ1n) is 10.9. The number of imidazole rings is 1. The zero-order valence-corrected chi connectivity index (χ0v) is 20.6. The smallest absolute Gasteiger partial charge is 0.407 e. The number of benzene rings is 1. The number of aromatic nitrogens is 2. The number of pyridine rings is 1. The van der Waals surface area contributed by atoms with Crippen LogP contribution in [0.1, 0.15) is 48.9 Å². The van der Waals surface area contributed by atoms with E-state index in [1.54, 1.807) is 27.7 Å². The highest BCUT2D eigenvalue weighted by Crippen LogP contribution is 2.28. The van der Waals surface area contributed by atoms with Crippen LogP contribution in [0.2, 0.25) is 5.02 Å². The molecule has 8 nitrogen and oxygen atoms in total. The van der Waals surface area contributed by atoms with E-state index >= 15 is 0 Å². The third kappa shape index (κ3) is 6.00. The largest absolute Gasteiger partial charge is 0.485 e. The van der Waals surface area contributed by atoms with Gasteiger partial charge >= 0.3 is 6.09 Å². The molecule has 0 atom stereocenters. The van der Waals surface area contributed by atoms with Gasteiger partial charge in [0.25, 0.3) is 5.91 Å². The minimum Gasteiger partial charge on any atom is -0.485 e. The average molecular weight is 509 g/mol. The number of rotatable bonds is 8. The van der Waals surface area contributed by atoms with Crippen LogP contribution < -0.4 is 10.1 Å². The molecular weight excluding hydrogens is 482 g/mol. The normalized spacial score (nSPS) is 11.5. The van der Waals surface area contributed by atoms with Crippen molar-refractivity contribution in [3.63, 3.8) is 0 Å². The summed E-state index contributed by atoms with van der Waals surface area (Å²) in [6, 6.07) is 4.98. The van der Waals surface area contributed by atoms with E-state index in [4.69, 9.17) is 16.3 Å². The fourth-order valence-electron chi connectivity index (χ4n) is 3.64. The summed E-state index contributed by atoms with van der Waals surface area (Å²) in [5.41, 5.74) is 0.0762. The van der Waals surface area contributed by atoms with Gasteiger partial charge in [0.1, 0.15) is 23.9 Å². The quantitative estimate of drug-likeness (QED) is 0.415. The van der Waals surface area contributed by atoms with Crippen LogP contribution in [0.5, 0.6) is 5.75 Å². The monoisotopic (exact) mass is 508 g/mol. The number of carbonyl (C=O) groups excluding carboxylic acids is 1. The Bertz CT molecular complexity index is 1240. The predicted octanol–water partition coefficient (Wildman–Crippen LogP) is 5.05. The first-order valence-corrected chi connectivity index (χ1v) is 11.3. The van der Waals surface area contributed by atoms with Gasteiger partial charge in [0, 0.05) is 30.9 Å². The van der Waals surface area contributed by atoms with Gasteiger partial charge in [-0.2, -0.15) is 0 Å². The Morgan fingerprint density at radius 2 is 1.91 bits per heavy atom. The van der Waals surface area contributed by atoms with Gasteiger partial charge < -0.3 is 20.1 Å². The Morgan fingerprint density at radius 1 is 1.26 bits per heavy atom. The van der Waals surface area contributed by atoms with Gasteiger partial charge in [0.15, 0.2) is 11.4 Å². The molecule has 35 heavy (non-hydrogen) atoms. The van der Waals surface area contributed by atoms with E-state index in [2.05, 4.69) is 10.3 Å². The van der Waals surface area contributed by atoms with Crippen molar-refractivity contribution in [3.8, 4) is 5.75 Å². The van der Waals surface area contributed by atoms with Crippen molar-refractivity contribution < 1.29 is 28.2 Å². The number of halogens is 3. The molecule has 0 aliphatic rings. The van der Waals surface area contributed by atoms with E-state index in [-0.39, 0.29) is 40.8 Å². The van der Waals surface area contributed by atoms with Crippen molar-refractivity contribution >= 4 is 29.2 Å². The molecule has 0 spiro atoms. The molecule has 0 saturated carbocycles. The number of hydrogen-bond donors (Lipinski definition) is 2. The Balaban J connectivity index is 1.76. The summed E-state index contributed by atoms with van der Waals surface area (Å²) in [4.78, 5) is 30.1. The SMILES string of the molecule is Cc1nc2c(OCc3c(F)cccc3F)cc(Cl)cn2c1C(=O)NCCCN(C(=O)O)C(C)(C)C. The van der Waals surface area contributed by atoms with Gasteiger partial charge in [-0.05, 0) is 46.2 Å². The summed E-state index contributed by atoms with van der Waals surface area (Å²) in [5, 5.41) is 12.4. The second-order valence-corrected chi connectivity index (χ2v) is 9.40. The maximum atomic E-state index is 14.0. The number of hydrogen-bond acceptors (Lipinski definition) is 4. The molecule has 188 valence electrons. The molecule has 0 aliphatic heterocycles. The Kier molecular flexibility index (Phi) is 7.84. The van der Waals surface area contributed by atoms with E-state index in [9.17, 15) is 23.5 Å². The van der Waals surface area contributed by atoms with Crippen LogP contribution >= 0.6 is 11.6 Å². The van der Waals surface area contributed by atoms with Crippen molar-refractivity contribution in [1.82, 2.24) is 19.6 Å². The maximum Gasteiger partial charge on any atom is 0.407 e. The van der Waals surface area contributed by atoms with Crippen LogP contribution in [-0.4, -0.2) is 50.0 Å². The van der Waals surface area contributed by atoms with Gasteiger partial charge in [-0.1, -0.05) is 17.7 Å². The average Bonchev–Trinajstić information content (AvgIpc) is 3.07. The number of ether oxygens (including phenoxy) is 1. The van der Waals surface area contributed by atoms with Crippen LogP contribution in [0.3, 0.4) is 0 Å². The summed E-state index contributed by atoms with van der Waals surface area (Å²) >= 11 is 6.22. The lowest BCUT2D eigenvalue weighted by Gasteiger charge is -2.33. The molecule has 3 aromatic rings. The predicted molar refractivity (Wildman–Crippen MR) is 127 cm³/mol. The zero-order valence-electron chi connectivity index (χ0n) is 19.9. The fraction of sp³-hybridized carbons (Fsp3) is 0.375. The first-order chi connectivity index (χ1) is 16.4. The molecule has 0 fully saturated rings. The molecule has 2 aromatic heterocycles. The molecule has 0 bridgehead atoms. The molecule has 2 heterocycles. The second-order valence-electron chi connectivity index (χ2n) is 8.97. The number of nitrogens with one attached hydrogen (secondary N) is 1. The summed E-state index contributed by atoms with van der Waals surface area (Å²) in [6.45, 7) is 7.13. The fourth-order valence-corrected chi connectivity index (χ4v) is 3.83. The number of carbonyl (C=O) groups is 2. The van der Waals surface area contributed by atoms with Crippen LogP contribution in [0.4, 0.5) is 13.6 Å². The molecule has 3 rings (SSSR count). The first kappa shape index (κ1) is 26.2. The summed E-state index contributed by atoms with van der Waals surface area (Å²) < 4.78 is 35.0. The van der Waals surface area contributed by atoms with Gasteiger partial charge in [-0.15, -0.1) is 0 Å². The lowest BCUT2D eigenvalue weighted by atomic mass is 10.1. The third-order valence-electron chi connectivity index (χ3n) is 5.36. The molecule has 0 saturated heterocycles. The van der Waals surface area contributed by atoms with Crippen molar-refractivity contribution in [2.75, 3.05) is 13.1 Å². The minimum atomic E-state index is -1.03. The molecule has 0 radical (unpaired) electrons. The highest BCUT2D eigenvalue weighted by molar-refractivity contribution is 6.30. The van der Waals surface area contributed by atoms with Gasteiger partial charge in [0.05, 0.1) is 16.3 Å². The number of nitrogens with zero attached hydrogens (tertiary/aromatic N) is 3. The van der Waals surface area contributed by atoms with E-state index in [0.29, 0.717) is 12.1 Å². The van der Waals surface area contributed by atoms with Crippen molar-refractivity contribution in [3.05, 3.63) is 64.1 Å². The van der Waals surface area contributed by atoms with Crippen molar-refractivity contribution in [2.24, 2.45) is 0 Å². The Morgan fingerprint density at radius 3 is 2.51 bits per heavy atom. The van der Waals surface area contributed by atoms with E-state index in [0.717, 1.165) is 12.1 Å². The lowest BCUT2D eigenvalue weighted by Crippen LogP contribution is -2.46. The molecule has 0 aliphatic carbocycles. The maximum absolute atomic E-state index is 14.0. The van der Waals surface area contributed by atoms with Crippen LogP contribution in [0, 0.1) is 18.6 Å². The van der Waals surface area contributed by atoms with E-state index in [1.165, 1.54) is 27.6 Å². The summed E-state index contributed by atoms with van der Waals surface area (Å²) in [5.74, 6) is -1.75.